The van der Waals surface area contributed by atoms with E-state index in [4.69, 9.17) is 10.8 Å². The van der Waals surface area contributed by atoms with Crippen LogP contribution in [-0.4, -0.2) is 17.1 Å². The highest BCUT2D eigenvalue weighted by Gasteiger charge is 2.26. The maximum Gasteiger partial charge on any atom is 0.324 e. The standard InChI is InChI=1S/C10H17NO2/c1-10(2)5-3-7(4-6-10)8(11)9(12)13/h3,8H,4-6,11H2,1-2H3,(H,12,13). The minimum absolute atomic E-state index is 0.307. The largest absolute Gasteiger partial charge is 0.480 e. The second-order valence-corrected chi connectivity index (χ2v) is 4.46. The van der Waals surface area contributed by atoms with E-state index in [0.29, 0.717) is 5.41 Å². The Hall–Kier alpha value is -0.830. The predicted octanol–water partition coefficient (Wildman–Crippen LogP) is 1.53. The number of hydrogen-bond acceptors (Lipinski definition) is 2. The molecule has 0 aliphatic heterocycles. The monoisotopic (exact) mass is 183 g/mol. The zero-order valence-corrected chi connectivity index (χ0v) is 8.21. The van der Waals surface area contributed by atoms with Crippen LogP contribution in [0.3, 0.4) is 0 Å². The van der Waals surface area contributed by atoms with Gasteiger partial charge >= 0.3 is 5.97 Å². The van der Waals surface area contributed by atoms with Gasteiger partial charge in [0.25, 0.3) is 0 Å². The molecule has 1 unspecified atom stereocenters. The van der Waals surface area contributed by atoms with E-state index in [-0.39, 0.29) is 0 Å². The van der Waals surface area contributed by atoms with Gasteiger partial charge in [-0.15, -0.1) is 0 Å². The molecule has 3 N–H and O–H groups in total. The molecule has 0 aromatic carbocycles. The van der Waals surface area contributed by atoms with Gasteiger partial charge in [0.15, 0.2) is 0 Å². The number of hydrogen-bond donors (Lipinski definition) is 2. The van der Waals surface area contributed by atoms with E-state index in [0.717, 1.165) is 24.8 Å². The van der Waals surface area contributed by atoms with E-state index in [1.54, 1.807) is 0 Å². The summed E-state index contributed by atoms with van der Waals surface area (Å²) < 4.78 is 0. The summed E-state index contributed by atoms with van der Waals surface area (Å²) in [7, 11) is 0. The average molecular weight is 183 g/mol. The van der Waals surface area contributed by atoms with Gasteiger partial charge in [0.05, 0.1) is 0 Å². The Morgan fingerprint density at radius 1 is 1.69 bits per heavy atom. The third-order valence-corrected chi connectivity index (χ3v) is 2.67. The van der Waals surface area contributed by atoms with E-state index in [2.05, 4.69) is 13.8 Å². The van der Waals surface area contributed by atoms with Gasteiger partial charge in [0.1, 0.15) is 6.04 Å². The zero-order valence-electron chi connectivity index (χ0n) is 8.21. The molecule has 1 rings (SSSR count). The highest BCUT2D eigenvalue weighted by molar-refractivity contribution is 5.77. The lowest BCUT2D eigenvalue weighted by Crippen LogP contribution is -2.34. The summed E-state index contributed by atoms with van der Waals surface area (Å²) in [4.78, 5) is 10.6. The summed E-state index contributed by atoms with van der Waals surface area (Å²) in [5.74, 6) is -0.925. The molecule has 0 bridgehead atoms. The van der Waals surface area contributed by atoms with Crippen molar-refractivity contribution in [2.75, 3.05) is 0 Å². The van der Waals surface area contributed by atoms with E-state index < -0.39 is 12.0 Å². The lowest BCUT2D eigenvalue weighted by Gasteiger charge is -2.29. The first-order valence-electron chi connectivity index (χ1n) is 4.60. The Kier molecular flexibility index (Phi) is 2.76. The molecule has 0 amide bonds. The topological polar surface area (TPSA) is 63.3 Å². The summed E-state index contributed by atoms with van der Waals surface area (Å²) in [6.07, 6.45) is 4.77. The molecule has 0 aromatic rings. The number of carboxylic acids is 1. The van der Waals surface area contributed by atoms with Gasteiger partial charge in [-0.05, 0) is 30.3 Å². The van der Waals surface area contributed by atoms with Crippen LogP contribution in [0.1, 0.15) is 33.1 Å². The van der Waals surface area contributed by atoms with Gasteiger partial charge in [-0.2, -0.15) is 0 Å². The van der Waals surface area contributed by atoms with Gasteiger partial charge in [0.2, 0.25) is 0 Å². The molecule has 0 aromatic heterocycles. The molecule has 0 heterocycles. The molecular weight excluding hydrogens is 166 g/mol. The number of nitrogens with two attached hydrogens (primary N) is 1. The Bertz CT molecular complexity index is 243. The predicted molar refractivity (Wildman–Crippen MR) is 51.3 cm³/mol. The lowest BCUT2D eigenvalue weighted by atomic mass is 9.77. The zero-order chi connectivity index (χ0) is 10.1. The molecular formula is C10H17NO2. The van der Waals surface area contributed by atoms with Crippen LogP contribution in [0.15, 0.2) is 11.6 Å². The van der Waals surface area contributed by atoms with Crippen molar-refractivity contribution in [3.05, 3.63) is 11.6 Å². The number of allylic oxidation sites excluding steroid dienone is 1. The van der Waals surface area contributed by atoms with Crippen LogP contribution in [0.2, 0.25) is 0 Å². The van der Waals surface area contributed by atoms with E-state index >= 15 is 0 Å². The highest BCUT2D eigenvalue weighted by atomic mass is 16.4. The lowest BCUT2D eigenvalue weighted by molar-refractivity contribution is -0.137. The van der Waals surface area contributed by atoms with Crippen LogP contribution in [0, 0.1) is 5.41 Å². The maximum atomic E-state index is 10.6. The summed E-state index contributed by atoms with van der Waals surface area (Å²) in [5.41, 5.74) is 6.70. The first kappa shape index (κ1) is 10.3. The summed E-state index contributed by atoms with van der Waals surface area (Å²) in [5, 5.41) is 8.70. The van der Waals surface area contributed by atoms with Crippen molar-refractivity contribution in [1.29, 1.82) is 0 Å². The first-order chi connectivity index (χ1) is 5.92. The van der Waals surface area contributed by atoms with Gasteiger partial charge in [-0.25, -0.2) is 0 Å². The molecule has 1 atom stereocenters. The van der Waals surface area contributed by atoms with Crippen molar-refractivity contribution >= 4 is 5.97 Å². The Labute approximate surface area is 78.6 Å². The van der Waals surface area contributed by atoms with Crippen molar-refractivity contribution in [2.24, 2.45) is 11.1 Å². The number of rotatable bonds is 2. The minimum Gasteiger partial charge on any atom is -0.480 e. The van der Waals surface area contributed by atoms with Crippen LogP contribution in [-0.2, 0) is 4.79 Å². The van der Waals surface area contributed by atoms with Gasteiger partial charge in [-0.3, -0.25) is 4.79 Å². The van der Waals surface area contributed by atoms with Gasteiger partial charge < -0.3 is 10.8 Å². The smallest absolute Gasteiger partial charge is 0.324 e. The second kappa shape index (κ2) is 3.50. The fourth-order valence-electron chi connectivity index (χ4n) is 1.54. The molecule has 3 nitrogen and oxygen atoms in total. The number of aliphatic carboxylic acids is 1. The molecule has 0 saturated heterocycles. The molecule has 0 radical (unpaired) electrons. The molecule has 3 heteroatoms. The van der Waals surface area contributed by atoms with E-state index in [1.165, 1.54) is 0 Å². The van der Waals surface area contributed by atoms with Crippen LogP contribution in [0.5, 0.6) is 0 Å². The van der Waals surface area contributed by atoms with E-state index in [1.807, 2.05) is 6.08 Å². The van der Waals surface area contributed by atoms with E-state index in [9.17, 15) is 4.79 Å². The maximum absolute atomic E-state index is 10.6. The van der Waals surface area contributed by atoms with Crippen LogP contribution >= 0.6 is 0 Å². The van der Waals surface area contributed by atoms with Crippen molar-refractivity contribution in [1.82, 2.24) is 0 Å². The van der Waals surface area contributed by atoms with Crippen LogP contribution in [0.4, 0.5) is 0 Å². The highest BCUT2D eigenvalue weighted by Crippen LogP contribution is 2.34. The Morgan fingerprint density at radius 3 is 2.69 bits per heavy atom. The molecule has 0 saturated carbocycles. The van der Waals surface area contributed by atoms with Gasteiger partial charge in [-0.1, -0.05) is 19.9 Å². The van der Waals surface area contributed by atoms with Gasteiger partial charge in [0, 0.05) is 0 Å². The summed E-state index contributed by atoms with van der Waals surface area (Å²) >= 11 is 0. The molecule has 13 heavy (non-hydrogen) atoms. The normalized spacial score (nSPS) is 23.5. The third-order valence-electron chi connectivity index (χ3n) is 2.67. The molecule has 74 valence electrons. The summed E-state index contributed by atoms with van der Waals surface area (Å²) in [6.45, 7) is 4.37. The molecule has 1 aliphatic rings. The van der Waals surface area contributed by atoms with Crippen molar-refractivity contribution in [3.8, 4) is 0 Å². The number of carbonyl (C=O) groups is 1. The van der Waals surface area contributed by atoms with Crippen LogP contribution < -0.4 is 5.73 Å². The number of carboxylic acid groups (broad SMARTS) is 1. The fraction of sp³-hybridized carbons (Fsp3) is 0.700. The molecule has 1 aliphatic carbocycles. The van der Waals surface area contributed by atoms with Crippen molar-refractivity contribution in [2.45, 2.75) is 39.2 Å². The third kappa shape index (κ3) is 2.56. The van der Waals surface area contributed by atoms with Crippen molar-refractivity contribution < 1.29 is 9.90 Å². The SMILES string of the molecule is CC1(C)CC=C(C(N)C(=O)O)CC1. The Morgan fingerprint density at radius 2 is 2.31 bits per heavy atom. The van der Waals surface area contributed by atoms with Crippen molar-refractivity contribution in [3.63, 3.8) is 0 Å². The first-order valence-corrected chi connectivity index (χ1v) is 4.60. The summed E-state index contributed by atoms with van der Waals surface area (Å²) in [6, 6.07) is -0.795. The minimum atomic E-state index is -0.925. The molecule has 0 fully saturated rings. The quantitative estimate of drug-likeness (QED) is 0.638. The van der Waals surface area contributed by atoms with Crippen LogP contribution in [0.25, 0.3) is 0 Å². The fourth-order valence-corrected chi connectivity index (χ4v) is 1.54. The Balaban J connectivity index is 2.65. The average Bonchev–Trinajstić information content (AvgIpc) is 2.03. The molecule has 0 spiro atoms. The second-order valence-electron chi connectivity index (χ2n) is 4.46.